The van der Waals surface area contributed by atoms with Crippen LogP contribution in [0.1, 0.15) is 29.8 Å². The molecule has 0 aliphatic heterocycles. The van der Waals surface area contributed by atoms with E-state index >= 15 is 0 Å². The lowest BCUT2D eigenvalue weighted by Crippen LogP contribution is -2.38. The third-order valence-electron chi connectivity index (χ3n) is 3.79. The Balaban J connectivity index is 2.13. The summed E-state index contributed by atoms with van der Waals surface area (Å²) in [7, 11) is 0. The van der Waals surface area contributed by atoms with Crippen molar-refractivity contribution in [1.29, 1.82) is 0 Å². The van der Waals surface area contributed by atoms with Crippen LogP contribution in [0.3, 0.4) is 0 Å². The van der Waals surface area contributed by atoms with Crippen molar-refractivity contribution in [1.82, 2.24) is 4.90 Å². The summed E-state index contributed by atoms with van der Waals surface area (Å²) in [5.74, 6) is 0.175. The van der Waals surface area contributed by atoms with E-state index in [0.29, 0.717) is 11.6 Å². The molecule has 0 amide bonds. The smallest absolute Gasteiger partial charge is 0.179 e. The van der Waals surface area contributed by atoms with Crippen LogP contribution in [0.15, 0.2) is 48.5 Å². The number of carbonyl (C=O) groups excluding carboxylic acids is 1. The Bertz CT molecular complexity index is 643. The highest BCUT2D eigenvalue weighted by molar-refractivity contribution is 6.32. The quantitative estimate of drug-likeness (QED) is 0.814. The van der Waals surface area contributed by atoms with Gasteiger partial charge in [-0.1, -0.05) is 54.9 Å². The first kappa shape index (κ1) is 16.5. The van der Waals surface area contributed by atoms with Gasteiger partial charge in [0.1, 0.15) is 5.75 Å². The molecule has 2 rings (SSSR count). The highest BCUT2D eigenvalue weighted by atomic mass is 35.5. The van der Waals surface area contributed by atoms with Gasteiger partial charge in [-0.05, 0) is 31.2 Å². The van der Waals surface area contributed by atoms with Gasteiger partial charge in [0.2, 0.25) is 0 Å². The third kappa shape index (κ3) is 3.87. The van der Waals surface area contributed by atoms with E-state index in [1.807, 2.05) is 50.2 Å². The minimum atomic E-state index is -0.222. The first-order chi connectivity index (χ1) is 10.5. The molecule has 1 unspecified atom stereocenters. The van der Waals surface area contributed by atoms with Crippen LogP contribution in [-0.2, 0) is 6.54 Å². The van der Waals surface area contributed by atoms with E-state index < -0.39 is 0 Å². The van der Waals surface area contributed by atoms with Gasteiger partial charge < -0.3 is 5.11 Å². The Morgan fingerprint density at radius 2 is 1.91 bits per heavy atom. The maximum Gasteiger partial charge on any atom is 0.179 e. The van der Waals surface area contributed by atoms with E-state index in [1.165, 1.54) is 0 Å². The number of benzene rings is 2. The minimum Gasteiger partial charge on any atom is -0.506 e. The molecule has 22 heavy (non-hydrogen) atoms. The average Bonchev–Trinajstić information content (AvgIpc) is 2.55. The second-order valence-corrected chi connectivity index (χ2v) is 5.66. The molecule has 1 N–H and O–H groups in total. The number of nitrogens with zero attached hydrogens (tertiary/aromatic N) is 1. The third-order valence-corrected chi connectivity index (χ3v) is 4.09. The number of hydrogen-bond donors (Lipinski definition) is 1. The van der Waals surface area contributed by atoms with Gasteiger partial charge in [-0.25, -0.2) is 0 Å². The zero-order chi connectivity index (χ0) is 16.1. The Kier molecular flexibility index (Phi) is 5.58. The van der Waals surface area contributed by atoms with Crippen LogP contribution in [0.4, 0.5) is 0 Å². The van der Waals surface area contributed by atoms with Crippen molar-refractivity contribution in [3.8, 4) is 5.75 Å². The van der Waals surface area contributed by atoms with Gasteiger partial charge in [0.25, 0.3) is 0 Å². The molecule has 2 aromatic carbocycles. The SMILES string of the molecule is CCN(Cc1ccc(O)c(Cl)c1)C(C)C(=O)c1ccccc1. The number of carbonyl (C=O) groups is 1. The lowest BCUT2D eigenvalue weighted by molar-refractivity contribution is 0.0835. The predicted molar refractivity (Wildman–Crippen MR) is 89.4 cm³/mol. The molecule has 0 fully saturated rings. The van der Waals surface area contributed by atoms with Gasteiger partial charge in [-0.3, -0.25) is 9.69 Å². The summed E-state index contributed by atoms with van der Waals surface area (Å²) in [5, 5.41) is 9.81. The number of hydrogen-bond acceptors (Lipinski definition) is 3. The van der Waals surface area contributed by atoms with E-state index in [0.717, 1.165) is 17.7 Å². The number of Topliss-reactive ketones (excluding diaryl/α,β-unsaturated/α-hetero) is 1. The summed E-state index contributed by atoms with van der Waals surface area (Å²) in [6.45, 7) is 5.30. The van der Waals surface area contributed by atoms with Gasteiger partial charge in [0.15, 0.2) is 5.78 Å². The topological polar surface area (TPSA) is 40.5 Å². The molecule has 3 nitrogen and oxygen atoms in total. The molecular formula is C18H20ClNO2. The van der Waals surface area contributed by atoms with Crippen molar-refractivity contribution in [2.75, 3.05) is 6.54 Å². The number of phenolic OH excluding ortho intramolecular Hbond substituents is 1. The molecule has 4 heteroatoms. The fourth-order valence-electron chi connectivity index (χ4n) is 2.42. The number of phenols is 1. The zero-order valence-corrected chi connectivity index (χ0v) is 13.5. The number of rotatable bonds is 6. The summed E-state index contributed by atoms with van der Waals surface area (Å²) in [4.78, 5) is 14.6. The molecule has 0 radical (unpaired) electrons. The highest BCUT2D eigenvalue weighted by Crippen LogP contribution is 2.24. The van der Waals surface area contributed by atoms with Gasteiger partial charge in [-0.15, -0.1) is 0 Å². The summed E-state index contributed by atoms with van der Waals surface area (Å²) >= 11 is 5.94. The second kappa shape index (κ2) is 7.43. The monoisotopic (exact) mass is 317 g/mol. The van der Waals surface area contributed by atoms with E-state index in [1.54, 1.807) is 12.1 Å². The normalized spacial score (nSPS) is 12.4. The molecular weight excluding hydrogens is 298 g/mol. The second-order valence-electron chi connectivity index (χ2n) is 5.26. The summed E-state index contributed by atoms with van der Waals surface area (Å²) in [6.07, 6.45) is 0. The Hall–Kier alpha value is -1.84. The van der Waals surface area contributed by atoms with Crippen LogP contribution >= 0.6 is 11.6 Å². The van der Waals surface area contributed by atoms with Crippen molar-refractivity contribution in [3.63, 3.8) is 0 Å². The number of halogens is 1. The molecule has 0 bridgehead atoms. The van der Waals surface area contributed by atoms with Gasteiger partial charge in [0, 0.05) is 12.1 Å². The van der Waals surface area contributed by atoms with Crippen LogP contribution < -0.4 is 0 Å². The van der Waals surface area contributed by atoms with Gasteiger partial charge in [-0.2, -0.15) is 0 Å². The molecule has 0 spiro atoms. The maximum atomic E-state index is 12.5. The van der Waals surface area contributed by atoms with Crippen LogP contribution in [0.2, 0.25) is 5.02 Å². The Labute approximate surface area is 136 Å². The Morgan fingerprint density at radius 3 is 2.50 bits per heavy atom. The largest absolute Gasteiger partial charge is 0.506 e. The number of ketones is 1. The molecule has 1 atom stereocenters. The first-order valence-electron chi connectivity index (χ1n) is 7.33. The standard InChI is InChI=1S/C18H20ClNO2/c1-3-20(12-14-9-10-17(21)16(19)11-14)13(2)18(22)15-7-5-4-6-8-15/h4-11,13,21H,3,12H2,1-2H3. The van der Waals surface area contributed by atoms with Gasteiger partial charge >= 0.3 is 0 Å². The lowest BCUT2D eigenvalue weighted by atomic mass is 10.0. The fourth-order valence-corrected chi connectivity index (χ4v) is 2.62. The van der Waals surface area contributed by atoms with Crippen molar-refractivity contribution < 1.29 is 9.90 Å². The van der Waals surface area contributed by atoms with Crippen LogP contribution in [0, 0.1) is 0 Å². The van der Waals surface area contributed by atoms with E-state index in [2.05, 4.69) is 4.90 Å². The molecule has 116 valence electrons. The predicted octanol–water partition coefficient (Wildman–Crippen LogP) is 4.14. The maximum absolute atomic E-state index is 12.5. The van der Waals surface area contributed by atoms with Crippen LogP contribution in [0.25, 0.3) is 0 Å². The number of likely N-dealkylation sites (N-methyl/N-ethyl adjacent to an activating group) is 1. The van der Waals surface area contributed by atoms with Crippen molar-refractivity contribution in [2.24, 2.45) is 0 Å². The summed E-state index contributed by atoms with van der Waals surface area (Å²) in [5.41, 5.74) is 1.69. The van der Waals surface area contributed by atoms with Crippen molar-refractivity contribution in [3.05, 3.63) is 64.7 Å². The molecule has 0 aromatic heterocycles. The summed E-state index contributed by atoms with van der Waals surface area (Å²) < 4.78 is 0. The lowest BCUT2D eigenvalue weighted by Gasteiger charge is -2.27. The summed E-state index contributed by atoms with van der Waals surface area (Å²) in [6, 6.07) is 14.2. The molecule has 0 saturated carbocycles. The minimum absolute atomic E-state index is 0.0712. The fraction of sp³-hybridized carbons (Fsp3) is 0.278. The van der Waals surface area contributed by atoms with Crippen LogP contribution in [0.5, 0.6) is 5.75 Å². The molecule has 0 aliphatic rings. The molecule has 2 aromatic rings. The van der Waals surface area contributed by atoms with Crippen LogP contribution in [-0.4, -0.2) is 28.4 Å². The van der Waals surface area contributed by atoms with E-state index in [-0.39, 0.29) is 17.6 Å². The highest BCUT2D eigenvalue weighted by Gasteiger charge is 2.21. The van der Waals surface area contributed by atoms with Crippen molar-refractivity contribution in [2.45, 2.75) is 26.4 Å². The Morgan fingerprint density at radius 1 is 1.23 bits per heavy atom. The zero-order valence-electron chi connectivity index (χ0n) is 12.8. The number of aromatic hydroxyl groups is 1. The molecule has 0 aliphatic carbocycles. The first-order valence-corrected chi connectivity index (χ1v) is 7.71. The van der Waals surface area contributed by atoms with E-state index in [4.69, 9.17) is 11.6 Å². The van der Waals surface area contributed by atoms with Gasteiger partial charge in [0.05, 0.1) is 11.1 Å². The van der Waals surface area contributed by atoms with E-state index in [9.17, 15) is 9.90 Å². The average molecular weight is 318 g/mol. The van der Waals surface area contributed by atoms with Crippen molar-refractivity contribution >= 4 is 17.4 Å². The molecule has 0 saturated heterocycles. The molecule has 0 heterocycles.